The Morgan fingerprint density at radius 3 is 2.55 bits per heavy atom. The summed E-state index contributed by atoms with van der Waals surface area (Å²) in [4.78, 5) is 38.9. The number of hydrogen-bond acceptors (Lipinski definition) is 7. The van der Waals surface area contributed by atoms with E-state index in [1.807, 2.05) is 0 Å². The summed E-state index contributed by atoms with van der Waals surface area (Å²) >= 11 is 0. The topological polar surface area (TPSA) is 108 Å². The van der Waals surface area contributed by atoms with Gasteiger partial charge in [-0.05, 0) is 44.9 Å². The number of benzene rings is 1. The molecule has 1 aromatic carbocycles. The number of piperidine rings is 1. The first kappa shape index (κ1) is 19.0. The van der Waals surface area contributed by atoms with Crippen LogP contribution in [0.25, 0.3) is 11.1 Å². The average Bonchev–Trinajstić information content (AvgIpc) is 3.24. The average molecular weight is 399 g/mol. The summed E-state index contributed by atoms with van der Waals surface area (Å²) in [5, 5.41) is 3.84. The fourth-order valence-electron chi connectivity index (χ4n) is 3.90. The van der Waals surface area contributed by atoms with Crippen molar-refractivity contribution in [3.8, 4) is 0 Å². The lowest BCUT2D eigenvalue weighted by Crippen LogP contribution is -2.40. The number of carbonyl (C=O) groups excluding carboxylic acids is 2. The second-order valence-corrected chi connectivity index (χ2v) is 7.13. The molecule has 0 radical (unpaired) electrons. The summed E-state index contributed by atoms with van der Waals surface area (Å²) in [5.41, 5.74) is 2.38. The molecule has 4 rings (SSSR count). The Morgan fingerprint density at radius 1 is 1.21 bits per heavy atom. The zero-order valence-electron chi connectivity index (χ0n) is 16.4. The Morgan fingerprint density at radius 2 is 1.93 bits per heavy atom. The number of ether oxygens (including phenoxy) is 1. The molecule has 0 aliphatic carbocycles. The highest BCUT2D eigenvalue weighted by atomic mass is 16.5. The van der Waals surface area contributed by atoms with Crippen molar-refractivity contribution in [2.45, 2.75) is 32.7 Å². The van der Waals surface area contributed by atoms with Crippen LogP contribution in [0, 0.1) is 13.8 Å². The van der Waals surface area contributed by atoms with Crippen molar-refractivity contribution in [3.05, 3.63) is 51.3 Å². The van der Waals surface area contributed by atoms with Gasteiger partial charge < -0.3 is 18.6 Å². The molecule has 1 fully saturated rings. The summed E-state index contributed by atoms with van der Waals surface area (Å²) < 4.78 is 16.8. The maximum atomic E-state index is 12.8. The molecular weight excluding hydrogens is 378 g/mol. The van der Waals surface area contributed by atoms with Crippen LogP contribution >= 0.6 is 0 Å². The van der Waals surface area contributed by atoms with Crippen LogP contribution in [0.3, 0.4) is 0 Å². The molecule has 1 aliphatic rings. The van der Waals surface area contributed by atoms with Gasteiger partial charge in [0.25, 0.3) is 5.91 Å². The first-order chi connectivity index (χ1) is 13.9. The van der Waals surface area contributed by atoms with Crippen LogP contribution in [0.5, 0.6) is 0 Å². The third-order valence-corrected chi connectivity index (χ3v) is 5.40. The number of esters is 1. The second-order valence-electron chi connectivity index (χ2n) is 7.13. The van der Waals surface area contributed by atoms with E-state index >= 15 is 0 Å². The second kappa shape index (κ2) is 7.23. The van der Waals surface area contributed by atoms with Crippen molar-refractivity contribution in [1.82, 2.24) is 14.6 Å². The number of hydrogen-bond donors (Lipinski definition) is 0. The van der Waals surface area contributed by atoms with Crippen molar-refractivity contribution in [2.24, 2.45) is 0 Å². The van der Waals surface area contributed by atoms with E-state index in [0.717, 1.165) is 0 Å². The number of likely N-dealkylation sites (tertiary alicyclic amines) is 1. The van der Waals surface area contributed by atoms with Gasteiger partial charge >= 0.3 is 11.7 Å². The summed E-state index contributed by atoms with van der Waals surface area (Å²) in [6.45, 7) is 4.44. The molecule has 3 heterocycles. The molecule has 9 heteroatoms. The molecule has 1 saturated heterocycles. The fraction of sp³-hybridized carbons (Fsp3) is 0.400. The Balaban J connectivity index is 1.58. The normalized spacial score (nSPS) is 15.1. The van der Waals surface area contributed by atoms with Gasteiger partial charge in [0, 0.05) is 19.1 Å². The Hall–Kier alpha value is -3.36. The molecule has 0 bridgehead atoms. The molecule has 2 aromatic heterocycles. The summed E-state index contributed by atoms with van der Waals surface area (Å²) in [7, 11) is 1.31. The van der Waals surface area contributed by atoms with Crippen LogP contribution < -0.4 is 5.76 Å². The maximum Gasteiger partial charge on any atom is 0.420 e. The molecule has 0 N–H and O–H groups in total. The lowest BCUT2D eigenvalue weighted by Gasteiger charge is -2.32. The summed E-state index contributed by atoms with van der Waals surface area (Å²) in [6, 6.07) is 4.63. The highest BCUT2D eigenvalue weighted by molar-refractivity contribution is 5.96. The monoisotopic (exact) mass is 399 g/mol. The van der Waals surface area contributed by atoms with Gasteiger partial charge in [0.1, 0.15) is 11.3 Å². The van der Waals surface area contributed by atoms with Crippen molar-refractivity contribution >= 4 is 23.0 Å². The van der Waals surface area contributed by atoms with E-state index in [9.17, 15) is 14.4 Å². The minimum atomic E-state index is -0.480. The van der Waals surface area contributed by atoms with Crippen LogP contribution in [0.1, 0.15) is 51.1 Å². The maximum absolute atomic E-state index is 12.8. The van der Waals surface area contributed by atoms with Crippen LogP contribution in [-0.4, -0.2) is 46.7 Å². The van der Waals surface area contributed by atoms with Gasteiger partial charge in [-0.25, -0.2) is 9.59 Å². The number of amides is 1. The van der Waals surface area contributed by atoms with E-state index in [1.54, 1.807) is 41.5 Å². The quantitative estimate of drug-likeness (QED) is 0.623. The predicted molar refractivity (Wildman–Crippen MR) is 102 cm³/mol. The van der Waals surface area contributed by atoms with Gasteiger partial charge in [-0.15, -0.1) is 0 Å². The smallest absolute Gasteiger partial charge is 0.420 e. The SMILES string of the molecule is COC(=O)c1ccc2oc(=O)n(C3CCN(C(=O)c4c(C)noc4C)CC3)c2c1. The Labute approximate surface area is 165 Å². The van der Waals surface area contributed by atoms with Gasteiger partial charge in [0.05, 0.1) is 23.9 Å². The molecule has 29 heavy (non-hydrogen) atoms. The molecular formula is C20H21N3O6. The summed E-state index contributed by atoms with van der Waals surface area (Å²) in [6.07, 6.45) is 1.18. The van der Waals surface area contributed by atoms with E-state index in [0.29, 0.717) is 59.6 Å². The molecule has 0 spiro atoms. The number of oxazole rings is 1. The number of fused-ring (bicyclic) bond motifs is 1. The number of methoxy groups -OCH3 is 1. The molecule has 0 unspecified atom stereocenters. The van der Waals surface area contributed by atoms with Crippen molar-refractivity contribution < 1.29 is 23.3 Å². The van der Waals surface area contributed by atoms with Gasteiger partial charge in [-0.2, -0.15) is 0 Å². The van der Waals surface area contributed by atoms with Gasteiger partial charge in [0.2, 0.25) is 0 Å². The number of aromatic nitrogens is 2. The molecule has 9 nitrogen and oxygen atoms in total. The van der Waals surface area contributed by atoms with Crippen LogP contribution in [-0.2, 0) is 4.74 Å². The van der Waals surface area contributed by atoms with E-state index in [4.69, 9.17) is 13.7 Å². The van der Waals surface area contributed by atoms with Gasteiger partial charge in [-0.3, -0.25) is 9.36 Å². The van der Waals surface area contributed by atoms with Crippen molar-refractivity contribution in [2.75, 3.05) is 20.2 Å². The molecule has 0 saturated carbocycles. The highest BCUT2D eigenvalue weighted by Crippen LogP contribution is 2.28. The van der Waals surface area contributed by atoms with Crippen LogP contribution in [0.15, 0.2) is 31.9 Å². The molecule has 3 aromatic rings. The van der Waals surface area contributed by atoms with Crippen LogP contribution in [0.2, 0.25) is 0 Å². The van der Waals surface area contributed by atoms with Gasteiger partial charge in [0.15, 0.2) is 5.58 Å². The number of rotatable bonds is 3. The highest BCUT2D eigenvalue weighted by Gasteiger charge is 2.30. The van der Waals surface area contributed by atoms with Crippen LogP contribution in [0.4, 0.5) is 0 Å². The Bertz CT molecular complexity index is 1130. The number of aryl methyl sites for hydroxylation is 2. The fourth-order valence-corrected chi connectivity index (χ4v) is 3.90. The zero-order valence-corrected chi connectivity index (χ0v) is 16.4. The standard InChI is InChI=1S/C20H21N3O6/c1-11-17(12(2)29-21-11)18(24)22-8-6-14(7-9-22)23-15-10-13(19(25)27-3)4-5-16(15)28-20(23)26/h4-5,10,14H,6-9H2,1-3H3. The summed E-state index contributed by atoms with van der Waals surface area (Å²) in [5.74, 6) is -0.566. The zero-order chi connectivity index (χ0) is 20.7. The van der Waals surface area contributed by atoms with Crippen molar-refractivity contribution in [3.63, 3.8) is 0 Å². The molecule has 0 atom stereocenters. The van der Waals surface area contributed by atoms with Gasteiger partial charge in [-0.1, -0.05) is 5.16 Å². The van der Waals surface area contributed by atoms with E-state index < -0.39 is 11.7 Å². The first-order valence-electron chi connectivity index (χ1n) is 9.36. The predicted octanol–water partition coefficient (Wildman–Crippen LogP) is 2.46. The minimum Gasteiger partial charge on any atom is -0.465 e. The lowest BCUT2D eigenvalue weighted by molar-refractivity contribution is 0.0600. The van der Waals surface area contributed by atoms with E-state index in [-0.39, 0.29) is 11.9 Å². The minimum absolute atomic E-state index is 0.114. The first-order valence-corrected chi connectivity index (χ1v) is 9.36. The van der Waals surface area contributed by atoms with E-state index in [1.165, 1.54) is 7.11 Å². The largest absolute Gasteiger partial charge is 0.465 e. The van der Waals surface area contributed by atoms with Crippen molar-refractivity contribution in [1.29, 1.82) is 0 Å². The number of nitrogens with zero attached hydrogens (tertiary/aromatic N) is 3. The molecule has 1 aliphatic heterocycles. The lowest BCUT2D eigenvalue weighted by atomic mass is 10.0. The Kier molecular flexibility index (Phi) is 4.73. The molecule has 152 valence electrons. The van der Waals surface area contributed by atoms with E-state index in [2.05, 4.69) is 5.16 Å². The third-order valence-electron chi connectivity index (χ3n) is 5.40. The molecule has 1 amide bonds. The number of carbonyl (C=O) groups is 2. The third kappa shape index (κ3) is 3.22.